The van der Waals surface area contributed by atoms with E-state index in [2.05, 4.69) is 5.32 Å². The van der Waals surface area contributed by atoms with E-state index in [1.54, 1.807) is 30.3 Å². The largest absolute Gasteiger partial charge is 0.508 e. The van der Waals surface area contributed by atoms with Gasteiger partial charge < -0.3 is 15.2 Å². The second kappa shape index (κ2) is 9.79. The number of phenols is 1. The molecule has 0 aromatic heterocycles. The molecule has 0 aliphatic carbocycles. The van der Waals surface area contributed by atoms with E-state index >= 15 is 0 Å². The van der Waals surface area contributed by atoms with E-state index in [1.165, 1.54) is 43.5 Å². The molecule has 3 aromatic carbocycles. The van der Waals surface area contributed by atoms with Crippen LogP contribution in [0.25, 0.3) is 6.08 Å². The lowest BCUT2D eigenvalue weighted by atomic mass is 10.0. The van der Waals surface area contributed by atoms with Gasteiger partial charge in [-0.05, 0) is 59.7 Å². The number of methoxy groups -OCH3 is 1. The summed E-state index contributed by atoms with van der Waals surface area (Å²) in [4.78, 5) is 12.4. The number of aromatic hydroxyl groups is 1. The molecule has 1 amide bonds. The smallest absolute Gasteiger partial charge is 0.266 e. The minimum absolute atomic E-state index is 0.0614. The maximum absolute atomic E-state index is 14.0. The number of carbonyl (C=O) groups is 1. The highest BCUT2D eigenvalue weighted by Gasteiger charge is 2.15. The molecule has 0 spiro atoms. The van der Waals surface area contributed by atoms with Crippen molar-refractivity contribution in [1.82, 2.24) is 0 Å². The normalized spacial score (nSPS) is 11.0. The van der Waals surface area contributed by atoms with E-state index < -0.39 is 5.91 Å². The summed E-state index contributed by atoms with van der Waals surface area (Å²) < 4.78 is 19.5. The predicted molar refractivity (Wildman–Crippen MR) is 118 cm³/mol. The van der Waals surface area contributed by atoms with E-state index in [-0.39, 0.29) is 23.6 Å². The first-order chi connectivity index (χ1) is 14.9. The van der Waals surface area contributed by atoms with Crippen molar-refractivity contribution in [2.75, 3.05) is 12.4 Å². The minimum Gasteiger partial charge on any atom is -0.508 e. The summed E-state index contributed by atoms with van der Waals surface area (Å²) in [6.07, 6.45) is 1.61. The number of carbonyl (C=O) groups excluding carboxylic acids is 1. The molecule has 156 valence electrons. The zero-order valence-corrected chi connectivity index (χ0v) is 17.3. The van der Waals surface area contributed by atoms with Crippen LogP contribution in [0.5, 0.6) is 11.5 Å². The third-order valence-electron chi connectivity index (χ3n) is 4.52. The summed E-state index contributed by atoms with van der Waals surface area (Å²) in [5.74, 6) is -0.481. The van der Waals surface area contributed by atoms with Gasteiger partial charge in [0.25, 0.3) is 5.91 Å². The molecule has 7 heteroatoms. The zero-order chi connectivity index (χ0) is 22.4. The van der Waals surface area contributed by atoms with Crippen molar-refractivity contribution in [2.24, 2.45) is 0 Å². The maximum Gasteiger partial charge on any atom is 0.266 e. The van der Waals surface area contributed by atoms with Crippen LogP contribution in [-0.4, -0.2) is 18.1 Å². The Balaban J connectivity index is 1.89. The van der Waals surface area contributed by atoms with Gasteiger partial charge in [0.15, 0.2) is 0 Å². The van der Waals surface area contributed by atoms with Crippen molar-refractivity contribution in [3.63, 3.8) is 0 Å². The number of rotatable bonds is 6. The maximum atomic E-state index is 14.0. The quantitative estimate of drug-likeness (QED) is 0.311. The molecular formula is C24H18ClFN2O3. The molecule has 0 unspecified atom stereocenters. The van der Waals surface area contributed by atoms with Crippen molar-refractivity contribution in [3.8, 4) is 17.6 Å². The third kappa shape index (κ3) is 5.41. The number of ether oxygens (including phenoxy) is 1. The predicted octanol–water partition coefficient (Wildman–Crippen LogP) is 5.33. The number of nitrogens with zero attached hydrogens (tertiary/aromatic N) is 1. The van der Waals surface area contributed by atoms with E-state index in [0.29, 0.717) is 33.1 Å². The molecule has 0 radical (unpaired) electrons. The molecule has 0 bridgehead atoms. The Morgan fingerprint density at radius 1 is 1.23 bits per heavy atom. The molecule has 0 saturated carbocycles. The van der Waals surface area contributed by atoms with Gasteiger partial charge in [-0.2, -0.15) is 5.26 Å². The summed E-state index contributed by atoms with van der Waals surface area (Å²) in [5, 5.41) is 21.7. The first kappa shape index (κ1) is 21.9. The Morgan fingerprint density at radius 2 is 1.94 bits per heavy atom. The molecular weight excluding hydrogens is 419 g/mol. The van der Waals surface area contributed by atoms with Crippen LogP contribution in [0.4, 0.5) is 10.1 Å². The van der Waals surface area contributed by atoms with Crippen molar-refractivity contribution in [2.45, 2.75) is 6.42 Å². The topological polar surface area (TPSA) is 82.3 Å². The highest BCUT2D eigenvalue weighted by molar-refractivity contribution is 6.31. The Labute approximate surface area is 184 Å². The lowest BCUT2D eigenvalue weighted by Crippen LogP contribution is -2.13. The number of phenolic OH excluding ortho intramolecular Hbond substituents is 1. The van der Waals surface area contributed by atoms with E-state index in [0.717, 1.165) is 0 Å². The van der Waals surface area contributed by atoms with Gasteiger partial charge in [-0.1, -0.05) is 29.8 Å². The van der Waals surface area contributed by atoms with Gasteiger partial charge in [0.2, 0.25) is 0 Å². The molecule has 0 aliphatic heterocycles. The summed E-state index contributed by atoms with van der Waals surface area (Å²) in [6.45, 7) is 0. The fraction of sp³-hybridized carbons (Fsp3) is 0.0833. The molecule has 0 heterocycles. The minimum atomic E-state index is -0.612. The molecule has 3 rings (SSSR count). The number of halogens is 2. The molecule has 2 N–H and O–H groups in total. The van der Waals surface area contributed by atoms with Gasteiger partial charge in [0, 0.05) is 22.7 Å². The standard InChI is InChI=1S/C24H18ClFN2O3/c1-31-23-12-15(11-21(25)20(23)13-16-4-2-3-5-22(16)26)10-17(14-27)24(30)28-18-6-8-19(29)9-7-18/h2-12,29H,13H2,1H3,(H,28,30)/b17-10+. The van der Waals surface area contributed by atoms with Gasteiger partial charge >= 0.3 is 0 Å². The van der Waals surface area contributed by atoms with Crippen LogP contribution in [0.2, 0.25) is 5.02 Å². The van der Waals surface area contributed by atoms with Crippen LogP contribution in [0, 0.1) is 17.1 Å². The number of amides is 1. The van der Waals surface area contributed by atoms with Crippen LogP contribution in [0.15, 0.2) is 66.2 Å². The highest BCUT2D eigenvalue weighted by atomic mass is 35.5. The van der Waals surface area contributed by atoms with Crippen molar-refractivity contribution >= 4 is 29.3 Å². The number of hydrogen-bond donors (Lipinski definition) is 2. The first-order valence-corrected chi connectivity index (χ1v) is 9.61. The van der Waals surface area contributed by atoms with Crippen molar-refractivity contribution in [3.05, 3.63) is 93.8 Å². The second-order valence-corrected chi connectivity index (χ2v) is 7.03. The van der Waals surface area contributed by atoms with Gasteiger partial charge in [0.1, 0.15) is 29.0 Å². The Kier molecular flexibility index (Phi) is 6.91. The monoisotopic (exact) mass is 436 g/mol. The molecule has 5 nitrogen and oxygen atoms in total. The number of benzene rings is 3. The Bertz CT molecular complexity index is 1180. The van der Waals surface area contributed by atoms with Crippen LogP contribution < -0.4 is 10.1 Å². The second-order valence-electron chi connectivity index (χ2n) is 6.62. The molecule has 0 saturated heterocycles. The lowest BCUT2D eigenvalue weighted by molar-refractivity contribution is -0.112. The summed E-state index contributed by atoms with van der Waals surface area (Å²) in [7, 11) is 1.47. The number of nitriles is 1. The van der Waals surface area contributed by atoms with Crippen molar-refractivity contribution in [1.29, 1.82) is 5.26 Å². The summed E-state index contributed by atoms with van der Waals surface area (Å²) in [6, 6.07) is 17.3. The zero-order valence-electron chi connectivity index (χ0n) is 16.5. The van der Waals surface area contributed by atoms with Crippen LogP contribution in [-0.2, 0) is 11.2 Å². The van der Waals surface area contributed by atoms with Gasteiger partial charge in [-0.25, -0.2) is 4.39 Å². The van der Waals surface area contributed by atoms with E-state index in [4.69, 9.17) is 16.3 Å². The van der Waals surface area contributed by atoms with Crippen LogP contribution >= 0.6 is 11.6 Å². The van der Waals surface area contributed by atoms with Crippen LogP contribution in [0.1, 0.15) is 16.7 Å². The summed E-state index contributed by atoms with van der Waals surface area (Å²) in [5.41, 5.74) is 1.83. The molecule has 3 aromatic rings. The number of anilines is 1. The number of nitrogens with one attached hydrogen (secondary N) is 1. The average Bonchev–Trinajstić information content (AvgIpc) is 2.76. The van der Waals surface area contributed by atoms with Gasteiger partial charge in [0.05, 0.1) is 7.11 Å². The van der Waals surface area contributed by atoms with E-state index in [1.807, 2.05) is 6.07 Å². The number of hydrogen-bond acceptors (Lipinski definition) is 4. The third-order valence-corrected chi connectivity index (χ3v) is 4.86. The van der Waals surface area contributed by atoms with Gasteiger partial charge in [-0.15, -0.1) is 0 Å². The fourth-order valence-electron chi connectivity index (χ4n) is 2.96. The average molecular weight is 437 g/mol. The fourth-order valence-corrected chi connectivity index (χ4v) is 3.24. The van der Waals surface area contributed by atoms with Gasteiger partial charge in [-0.3, -0.25) is 4.79 Å². The highest BCUT2D eigenvalue weighted by Crippen LogP contribution is 2.32. The molecule has 0 fully saturated rings. The molecule has 0 atom stereocenters. The van der Waals surface area contributed by atoms with Crippen LogP contribution in [0.3, 0.4) is 0 Å². The Hall–Kier alpha value is -3.82. The Morgan fingerprint density at radius 3 is 2.58 bits per heavy atom. The van der Waals surface area contributed by atoms with Crippen molar-refractivity contribution < 1.29 is 19.0 Å². The SMILES string of the molecule is COc1cc(/C=C(\C#N)C(=O)Nc2ccc(O)cc2)cc(Cl)c1Cc1ccccc1F. The molecule has 31 heavy (non-hydrogen) atoms. The lowest BCUT2D eigenvalue weighted by Gasteiger charge is -2.13. The first-order valence-electron chi connectivity index (χ1n) is 9.23. The summed E-state index contributed by atoms with van der Waals surface area (Å²) >= 11 is 6.43. The molecule has 0 aliphatic rings. The van der Waals surface area contributed by atoms with E-state index in [9.17, 15) is 19.6 Å².